The number of nitrogens with zero attached hydrogens (tertiary/aromatic N) is 4. The smallest absolute Gasteiger partial charge is 0.148 e. The molecule has 2 aliphatic heterocycles. The van der Waals surface area contributed by atoms with Gasteiger partial charge in [-0.25, -0.2) is 4.98 Å². The van der Waals surface area contributed by atoms with Crippen molar-refractivity contribution in [2.24, 2.45) is 7.05 Å². The third kappa shape index (κ3) is 3.03. The first-order chi connectivity index (χ1) is 14.5. The molecule has 3 heterocycles. The molecule has 0 unspecified atom stereocenters. The minimum atomic E-state index is 0.190. The van der Waals surface area contributed by atoms with E-state index >= 15 is 0 Å². The van der Waals surface area contributed by atoms with E-state index in [0.717, 1.165) is 35.4 Å². The van der Waals surface area contributed by atoms with Gasteiger partial charge in [-0.05, 0) is 68.1 Å². The van der Waals surface area contributed by atoms with Crippen LogP contribution in [0.2, 0.25) is 0 Å². The molecule has 0 radical (unpaired) electrons. The first-order valence-corrected chi connectivity index (χ1v) is 10.6. The summed E-state index contributed by atoms with van der Waals surface area (Å²) in [6, 6.07) is 14.5. The molecule has 2 N–H and O–H groups in total. The van der Waals surface area contributed by atoms with E-state index in [9.17, 15) is 5.11 Å². The Morgan fingerprint density at radius 3 is 2.40 bits per heavy atom. The molecular formula is C24H27N5O. The fourth-order valence-electron chi connectivity index (χ4n) is 4.56. The molecule has 0 spiro atoms. The van der Waals surface area contributed by atoms with E-state index in [1.54, 1.807) is 0 Å². The van der Waals surface area contributed by atoms with Gasteiger partial charge in [0.2, 0.25) is 0 Å². The summed E-state index contributed by atoms with van der Waals surface area (Å²) in [4.78, 5) is 8.99. The van der Waals surface area contributed by atoms with Crippen LogP contribution in [0.3, 0.4) is 0 Å². The van der Waals surface area contributed by atoms with Gasteiger partial charge in [-0.3, -0.25) is 5.41 Å². The van der Waals surface area contributed by atoms with Crippen molar-refractivity contribution in [3.63, 3.8) is 0 Å². The van der Waals surface area contributed by atoms with Crippen molar-refractivity contribution in [1.82, 2.24) is 9.55 Å². The Bertz CT molecular complexity index is 1150. The van der Waals surface area contributed by atoms with E-state index in [0.29, 0.717) is 17.9 Å². The lowest BCUT2D eigenvalue weighted by atomic mass is 10.1. The molecule has 1 saturated heterocycles. The Morgan fingerprint density at radius 2 is 1.67 bits per heavy atom. The van der Waals surface area contributed by atoms with Crippen molar-refractivity contribution in [1.29, 1.82) is 5.41 Å². The van der Waals surface area contributed by atoms with Gasteiger partial charge < -0.3 is 19.5 Å². The Morgan fingerprint density at radius 1 is 0.967 bits per heavy atom. The molecule has 154 valence electrons. The molecule has 30 heavy (non-hydrogen) atoms. The second-order valence-electron chi connectivity index (χ2n) is 8.31. The molecule has 5 rings (SSSR count). The number of aryl methyl sites for hydroxylation is 2. The molecule has 6 heteroatoms. The number of hydrogen-bond acceptors (Lipinski definition) is 4. The summed E-state index contributed by atoms with van der Waals surface area (Å²) in [7, 11) is 1.93. The summed E-state index contributed by atoms with van der Waals surface area (Å²) >= 11 is 0. The van der Waals surface area contributed by atoms with E-state index < -0.39 is 0 Å². The number of nitrogens with one attached hydrogen (secondary N) is 1. The summed E-state index contributed by atoms with van der Waals surface area (Å²) in [5.74, 6) is 1.11. The van der Waals surface area contributed by atoms with E-state index in [2.05, 4.69) is 23.1 Å². The number of aliphatic hydroxyl groups excluding tert-OH is 1. The Labute approximate surface area is 176 Å². The molecule has 0 atom stereocenters. The first kappa shape index (κ1) is 18.7. The second-order valence-corrected chi connectivity index (χ2v) is 8.31. The number of imidazole rings is 1. The van der Waals surface area contributed by atoms with Crippen LogP contribution in [0.25, 0.3) is 16.6 Å². The second kappa shape index (κ2) is 7.20. The number of piperidine rings is 1. The SMILES string of the molecule is Cc1ccc2c(c1)nc(C1=C(O)CN(c3ccc(N4CCCCC4)cc3)C1=N)n2C. The Balaban J connectivity index is 1.43. The fraction of sp³-hybridized carbons (Fsp3) is 0.333. The van der Waals surface area contributed by atoms with Crippen molar-refractivity contribution in [3.8, 4) is 0 Å². The lowest BCUT2D eigenvalue weighted by Gasteiger charge is -2.29. The van der Waals surface area contributed by atoms with Crippen LogP contribution < -0.4 is 9.80 Å². The number of aromatic nitrogens is 2. The van der Waals surface area contributed by atoms with Crippen molar-refractivity contribution in [2.45, 2.75) is 26.2 Å². The highest BCUT2D eigenvalue weighted by molar-refractivity contribution is 6.30. The summed E-state index contributed by atoms with van der Waals surface area (Å²) in [5.41, 5.74) is 5.66. The lowest BCUT2D eigenvalue weighted by Crippen LogP contribution is -2.29. The predicted octanol–water partition coefficient (Wildman–Crippen LogP) is 4.64. The molecule has 6 nitrogen and oxygen atoms in total. The summed E-state index contributed by atoms with van der Waals surface area (Å²) in [6.07, 6.45) is 3.81. The number of anilines is 2. The number of benzene rings is 2. The highest BCUT2D eigenvalue weighted by atomic mass is 16.3. The Kier molecular flexibility index (Phi) is 4.50. The van der Waals surface area contributed by atoms with Crippen LogP contribution in [-0.2, 0) is 7.05 Å². The van der Waals surface area contributed by atoms with Crippen LogP contribution in [-0.4, -0.2) is 40.1 Å². The summed E-state index contributed by atoms with van der Waals surface area (Å²) in [6.45, 7) is 4.55. The van der Waals surface area contributed by atoms with Gasteiger partial charge in [-0.1, -0.05) is 6.07 Å². The molecule has 0 saturated carbocycles. The van der Waals surface area contributed by atoms with Gasteiger partial charge >= 0.3 is 0 Å². The zero-order valence-electron chi connectivity index (χ0n) is 17.5. The van der Waals surface area contributed by atoms with E-state index in [1.165, 1.54) is 24.9 Å². The number of aliphatic hydroxyl groups is 1. The molecule has 0 bridgehead atoms. The van der Waals surface area contributed by atoms with Gasteiger partial charge in [0.25, 0.3) is 0 Å². The van der Waals surface area contributed by atoms with Crippen LogP contribution >= 0.6 is 0 Å². The number of fused-ring (bicyclic) bond motifs is 1. The van der Waals surface area contributed by atoms with Gasteiger partial charge in [0.15, 0.2) is 0 Å². The molecule has 2 aliphatic rings. The van der Waals surface area contributed by atoms with E-state index in [-0.39, 0.29) is 11.6 Å². The van der Waals surface area contributed by atoms with E-state index in [4.69, 9.17) is 10.4 Å². The highest BCUT2D eigenvalue weighted by Gasteiger charge is 2.32. The zero-order chi connectivity index (χ0) is 20.8. The molecule has 1 fully saturated rings. The average molecular weight is 402 g/mol. The van der Waals surface area contributed by atoms with Crippen LogP contribution in [0.5, 0.6) is 0 Å². The van der Waals surface area contributed by atoms with Gasteiger partial charge in [-0.15, -0.1) is 0 Å². The third-order valence-corrected chi connectivity index (χ3v) is 6.25. The average Bonchev–Trinajstić information content (AvgIpc) is 3.23. The number of amidine groups is 1. The lowest BCUT2D eigenvalue weighted by molar-refractivity contribution is 0.411. The van der Waals surface area contributed by atoms with Crippen LogP contribution in [0, 0.1) is 12.3 Å². The van der Waals surface area contributed by atoms with Crippen molar-refractivity contribution in [3.05, 3.63) is 59.6 Å². The minimum Gasteiger partial charge on any atom is -0.509 e. The van der Waals surface area contributed by atoms with Crippen LogP contribution in [0.1, 0.15) is 30.7 Å². The molecule has 0 aliphatic carbocycles. The zero-order valence-corrected chi connectivity index (χ0v) is 17.5. The van der Waals surface area contributed by atoms with E-state index in [1.807, 2.05) is 47.7 Å². The third-order valence-electron chi connectivity index (χ3n) is 6.25. The van der Waals surface area contributed by atoms with Crippen molar-refractivity contribution >= 4 is 33.8 Å². The Hall–Kier alpha value is -3.28. The predicted molar refractivity (Wildman–Crippen MR) is 123 cm³/mol. The maximum absolute atomic E-state index is 10.7. The van der Waals surface area contributed by atoms with Crippen LogP contribution in [0.4, 0.5) is 11.4 Å². The quantitative estimate of drug-likeness (QED) is 0.671. The fourth-order valence-corrected chi connectivity index (χ4v) is 4.56. The number of rotatable bonds is 3. The van der Waals surface area contributed by atoms with Gasteiger partial charge in [0.1, 0.15) is 17.4 Å². The summed E-state index contributed by atoms with van der Waals surface area (Å²) < 4.78 is 1.96. The number of hydrogen-bond donors (Lipinski definition) is 2. The van der Waals surface area contributed by atoms with Gasteiger partial charge in [0, 0.05) is 31.5 Å². The molecular weight excluding hydrogens is 374 g/mol. The monoisotopic (exact) mass is 401 g/mol. The minimum absolute atomic E-state index is 0.190. The molecule has 2 aromatic carbocycles. The normalized spacial score (nSPS) is 17.5. The summed E-state index contributed by atoms with van der Waals surface area (Å²) in [5, 5.41) is 19.5. The van der Waals surface area contributed by atoms with Gasteiger partial charge in [0.05, 0.1) is 23.2 Å². The molecule has 3 aromatic rings. The topological polar surface area (TPSA) is 68.4 Å². The first-order valence-electron chi connectivity index (χ1n) is 10.6. The highest BCUT2D eigenvalue weighted by Crippen LogP contribution is 2.33. The molecule has 1 aromatic heterocycles. The van der Waals surface area contributed by atoms with Crippen molar-refractivity contribution in [2.75, 3.05) is 29.4 Å². The van der Waals surface area contributed by atoms with Crippen molar-refractivity contribution < 1.29 is 5.11 Å². The molecule has 0 amide bonds. The largest absolute Gasteiger partial charge is 0.509 e. The maximum Gasteiger partial charge on any atom is 0.148 e. The maximum atomic E-state index is 10.7. The van der Waals surface area contributed by atoms with Gasteiger partial charge in [-0.2, -0.15) is 0 Å². The van der Waals surface area contributed by atoms with Crippen LogP contribution in [0.15, 0.2) is 48.2 Å². The standard InChI is InChI=1S/C24H27N5O/c1-16-6-11-20-19(14-16)26-24(27(20)2)22-21(30)15-29(23(22)25)18-9-7-17(8-10-18)28-12-4-3-5-13-28/h6-11,14,25,30H,3-5,12-13,15H2,1-2H3.